The predicted molar refractivity (Wildman–Crippen MR) is 134 cm³/mol. The maximum absolute atomic E-state index is 13.5. The number of ether oxygens (including phenoxy) is 1. The summed E-state index contributed by atoms with van der Waals surface area (Å²) >= 11 is 0. The van der Waals surface area contributed by atoms with Gasteiger partial charge in [0.2, 0.25) is 5.91 Å². The first-order valence-corrected chi connectivity index (χ1v) is 11.8. The van der Waals surface area contributed by atoms with Crippen LogP contribution >= 0.6 is 0 Å². The number of non-ortho nitro benzene ring substituents is 1. The van der Waals surface area contributed by atoms with Gasteiger partial charge in [-0.15, -0.1) is 0 Å². The van der Waals surface area contributed by atoms with Crippen molar-refractivity contribution >= 4 is 11.6 Å². The van der Waals surface area contributed by atoms with Crippen molar-refractivity contribution in [2.45, 2.75) is 32.9 Å². The van der Waals surface area contributed by atoms with Crippen molar-refractivity contribution in [1.82, 2.24) is 9.80 Å². The Hall–Kier alpha value is -3.49. The van der Waals surface area contributed by atoms with E-state index < -0.39 is 4.92 Å². The molecule has 1 amide bonds. The summed E-state index contributed by atoms with van der Waals surface area (Å²) in [5, 5.41) is 11.0. The fourth-order valence-corrected chi connectivity index (χ4v) is 3.88. The van der Waals surface area contributed by atoms with E-state index in [1.807, 2.05) is 42.2 Å². The van der Waals surface area contributed by atoms with Gasteiger partial charge in [-0.3, -0.25) is 19.8 Å². The van der Waals surface area contributed by atoms with E-state index in [-0.39, 0.29) is 18.1 Å². The van der Waals surface area contributed by atoms with Gasteiger partial charge in [0.1, 0.15) is 11.5 Å². The van der Waals surface area contributed by atoms with E-state index in [1.54, 1.807) is 19.2 Å². The van der Waals surface area contributed by atoms with Crippen molar-refractivity contribution in [1.29, 1.82) is 0 Å². The molecule has 0 radical (unpaired) electrons. The highest BCUT2D eigenvalue weighted by Crippen LogP contribution is 2.15. The summed E-state index contributed by atoms with van der Waals surface area (Å²) in [6, 6.07) is 20.4. The second kappa shape index (κ2) is 13.4. The number of furan rings is 1. The number of hydrogen-bond donors (Lipinski definition) is 0. The molecule has 0 spiro atoms. The van der Waals surface area contributed by atoms with E-state index in [4.69, 9.17) is 9.15 Å². The van der Waals surface area contributed by atoms with Crippen LogP contribution in [0.1, 0.15) is 29.1 Å². The van der Waals surface area contributed by atoms with Crippen LogP contribution in [0.4, 0.5) is 5.69 Å². The molecule has 0 unspecified atom stereocenters. The molecule has 186 valence electrons. The van der Waals surface area contributed by atoms with E-state index >= 15 is 0 Å². The van der Waals surface area contributed by atoms with Gasteiger partial charge in [0, 0.05) is 45.5 Å². The molecule has 1 heterocycles. The monoisotopic (exact) mass is 479 g/mol. The third kappa shape index (κ3) is 8.66. The normalized spacial score (nSPS) is 11.1. The highest BCUT2D eigenvalue weighted by atomic mass is 16.6. The first kappa shape index (κ1) is 26.1. The Morgan fingerprint density at radius 3 is 2.34 bits per heavy atom. The minimum atomic E-state index is -0.412. The Morgan fingerprint density at radius 1 is 0.971 bits per heavy atom. The average molecular weight is 480 g/mol. The highest BCUT2D eigenvalue weighted by Gasteiger charge is 2.20. The molecular formula is C27H33N3O5. The molecule has 0 bridgehead atoms. The topological polar surface area (TPSA) is 89.1 Å². The quantitative estimate of drug-likeness (QED) is 0.191. The number of amides is 1. The van der Waals surface area contributed by atoms with Crippen LogP contribution in [-0.4, -0.2) is 54.0 Å². The minimum absolute atomic E-state index is 0.00862. The molecule has 1 aromatic heterocycles. The number of hydrogen-bond acceptors (Lipinski definition) is 6. The van der Waals surface area contributed by atoms with E-state index in [9.17, 15) is 14.9 Å². The van der Waals surface area contributed by atoms with Gasteiger partial charge in [0.05, 0.1) is 18.0 Å². The Balaban J connectivity index is 1.71. The van der Waals surface area contributed by atoms with Crippen molar-refractivity contribution in [3.63, 3.8) is 0 Å². The van der Waals surface area contributed by atoms with Crippen molar-refractivity contribution in [3.8, 4) is 0 Å². The third-order valence-corrected chi connectivity index (χ3v) is 5.74. The molecular weight excluding hydrogens is 446 g/mol. The maximum atomic E-state index is 13.5. The maximum Gasteiger partial charge on any atom is 0.269 e. The Morgan fingerprint density at radius 2 is 1.71 bits per heavy atom. The van der Waals surface area contributed by atoms with Crippen LogP contribution in [-0.2, 0) is 29.0 Å². The third-order valence-electron chi connectivity index (χ3n) is 5.74. The fourth-order valence-electron chi connectivity index (χ4n) is 3.88. The summed E-state index contributed by atoms with van der Waals surface area (Å²) < 4.78 is 10.9. The second-order valence-corrected chi connectivity index (χ2v) is 8.54. The summed E-state index contributed by atoms with van der Waals surface area (Å²) in [6.45, 7) is 4.88. The second-order valence-electron chi connectivity index (χ2n) is 8.54. The van der Waals surface area contributed by atoms with Gasteiger partial charge in [-0.2, -0.15) is 0 Å². The fraction of sp³-hybridized carbons (Fsp3) is 0.370. The lowest BCUT2D eigenvalue weighted by molar-refractivity contribution is -0.384. The first-order chi connectivity index (χ1) is 16.9. The zero-order chi connectivity index (χ0) is 25.0. The lowest BCUT2D eigenvalue weighted by Crippen LogP contribution is -2.41. The smallest absolute Gasteiger partial charge is 0.269 e. The molecule has 3 rings (SSSR count). The number of methoxy groups -OCH3 is 1. The van der Waals surface area contributed by atoms with E-state index in [0.717, 1.165) is 29.9 Å². The van der Waals surface area contributed by atoms with Gasteiger partial charge in [0.25, 0.3) is 5.69 Å². The van der Waals surface area contributed by atoms with Crippen molar-refractivity contribution in [3.05, 3.63) is 99.5 Å². The Kier molecular flexibility index (Phi) is 10.0. The molecule has 0 N–H and O–H groups in total. The largest absolute Gasteiger partial charge is 0.464 e. The molecule has 0 saturated heterocycles. The first-order valence-electron chi connectivity index (χ1n) is 11.8. The SMILES string of the molecule is COCCCN(CC(=O)N(CCc1ccccc1)Cc1ccc(C)o1)Cc1ccc([N+](=O)[O-])cc1. The molecule has 8 heteroatoms. The highest BCUT2D eigenvalue weighted by molar-refractivity contribution is 5.78. The number of rotatable bonds is 14. The number of nitrogens with zero attached hydrogens (tertiary/aromatic N) is 3. The summed E-state index contributed by atoms with van der Waals surface area (Å²) in [5.41, 5.74) is 2.14. The zero-order valence-electron chi connectivity index (χ0n) is 20.4. The minimum Gasteiger partial charge on any atom is -0.464 e. The number of nitro benzene ring substituents is 1. The van der Waals surface area contributed by atoms with E-state index in [0.29, 0.717) is 32.8 Å². The molecule has 0 aliphatic carbocycles. The average Bonchev–Trinajstić information content (AvgIpc) is 3.27. The van der Waals surface area contributed by atoms with Gasteiger partial charge in [0.15, 0.2) is 0 Å². The Labute approximate surface area is 206 Å². The van der Waals surface area contributed by atoms with Crippen molar-refractivity contribution in [2.24, 2.45) is 0 Å². The summed E-state index contributed by atoms with van der Waals surface area (Å²) in [5.74, 6) is 1.58. The molecule has 0 aliphatic heterocycles. The van der Waals surface area contributed by atoms with Crippen LogP contribution in [0.25, 0.3) is 0 Å². The number of aryl methyl sites for hydroxylation is 1. The lowest BCUT2D eigenvalue weighted by Gasteiger charge is -2.27. The Bertz CT molecular complexity index is 1070. The number of carbonyl (C=O) groups excluding carboxylic acids is 1. The summed E-state index contributed by atoms with van der Waals surface area (Å²) in [7, 11) is 1.66. The van der Waals surface area contributed by atoms with Crippen LogP contribution < -0.4 is 0 Å². The van der Waals surface area contributed by atoms with E-state index in [2.05, 4.69) is 17.0 Å². The standard InChI is InChI=1S/C27H33N3O5/c1-22-9-14-26(35-22)20-29(17-15-23-7-4-3-5-8-23)27(31)21-28(16-6-18-34-2)19-24-10-12-25(13-11-24)30(32)33/h3-5,7-14H,6,15-21H2,1-2H3. The summed E-state index contributed by atoms with van der Waals surface area (Å²) in [6.07, 6.45) is 1.52. The molecule has 8 nitrogen and oxygen atoms in total. The molecule has 0 atom stereocenters. The summed E-state index contributed by atoms with van der Waals surface area (Å²) in [4.78, 5) is 27.9. The van der Waals surface area contributed by atoms with Crippen molar-refractivity contribution < 1.29 is 18.9 Å². The van der Waals surface area contributed by atoms with Gasteiger partial charge >= 0.3 is 0 Å². The van der Waals surface area contributed by atoms with Crippen molar-refractivity contribution in [2.75, 3.05) is 33.4 Å². The van der Waals surface area contributed by atoms with Gasteiger partial charge in [-0.05, 0) is 43.0 Å². The lowest BCUT2D eigenvalue weighted by atomic mass is 10.1. The van der Waals surface area contributed by atoms with Crippen LogP contribution in [0, 0.1) is 17.0 Å². The van der Waals surface area contributed by atoms with Crippen LogP contribution in [0.5, 0.6) is 0 Å². The molecule has 35 heavy (non-hydrogen) atoms. The molecule has 0 aliphatic rings. The van der Waals surface area contributed by atoms with Crippen LogP contribution in [0.3, 0.4) is 0 Å². The number of benzene rings is 2. The number of nitro groups is 1. The molecule has 0 fully saturated rings. The predicted octanol–water partition coefficient (Wildman–Crippen LogP) is 4.61. The van der Waals surface area contributed by atoms with E-state index in [1.165, 1.54) is 17.7 Å². The molecule has 3 aromatic rings. The number of carbonyl (C=O) groups is 1. The zero-order valence-corrected chi connectivity index (χ0v) is 20.4. The van der Waals surface area contributed by atoms with Crippen LogP contribution in [0.15, 0.2) is 71.1 Å². The van der Waals surface area contributed by atoms with Gasteiger partial charge in [-0.1, -0.05) is 42.5 Å². The van der Waals surface area contributed by atoms with Crippen LogP contribution in [0.2, 0.25) is 0 Å². The molecule has 0 saturated carbocycles. The molecule has 2 aromatic carbocycles. The van der Waals surface area contributed by atoms with Gasteiger partial charge < -0.3 is 14.1 Å². The van der Waals surface area contributed by atoms with Gasteiger partial charge in [-0.25, -0.2) is 0 Å².